The summed E-state index contributed by atoms with van der Waals surface area (Å²) in [5, 5.41) is 12.5. The van der Waals surface area contributed by atoms with Gasteiger partial charge in [-0.3, -0.25) is 4.21 Å². The van der Waals surface area contributed by atoms with Crippen molar-refractivity contribution >= 4 is 22.8 Å². The first-order valence-electron chi connectivity index (χ1n) is 7.14. The Hall–Kier alpha value is -2.39. The van der Waals surface area contributed by atoms with E-state index >= 15 is 0 Å². The molecule has 1 aromatic carbocycles. The van der Waals surface area contributed by atoms with E-state index in [1.807, 2.05) is 31.4 Å². The Morgan fingerprint density at radius 1 is 1.39 bits per heavy atom. The van der Waals surface area contributed by atoms with Crippen molar-refractivity contribution in [3.8, 4) is 17.2 Å². The van der Waals surface area contributed by atoms with E-state index in [1.54, 1.807) is 17.9 Å². The first-order chi connectivity index (χ1) is 11.0. The number of hydrogen-bond donors (Lipinski definition) is 1. The SMILES string of the molecule is CNc1ccc(CS(C)=O)cc1-c1cn(C)c(C#N)c1CC=O. The van der Waals surface area contributed by atoms with Crippen molar-refractivity contribution in [2.75, 3.05) is 18.6 Å². The lowest BCUT2D eigenvalue weighted by Gasteiger charge is -2.12. The van der Waals surface area contributed by atoms with Crippen LogP contribution in [0.5, 0.6) is 0 Å². The van der Waals surface area contributed by atoms with E-state index in [2.05, 4.69) is 11.4 Å². The molecular weight excluding hydrogens is 310 g/mol. The van der Waals surface area contributed by atoms with Crippen LogP contribution in [0, 0.1) is 11.3 Å². The van der Waals surface area contributed by atoms with Gasteiger partial charge in [-0.25, -0.2) is 0 Å². The summed E-state index contributed by atoms with van der Waals surface area (Å²) in [7, 11) is 2.68. The summed E-state index contributed by atoms with van der Waals surface area (Å²) in [4.78, 5) is 11.0. The number of aldehydes is 1. The Morgan fingerprint density at radius 3 is 2.70 bits per heavy atom. The van der Waals surface area contributed by atoms with E-state index in [0.717, 1.165) is 34.2 Å². The quantitative estimate of drug-likeness (QED) is 0.825. The normalized spacial score (nSPS) is 11.7. The van der Waals surface area contributed by atoms with Crippen LogP contribution in [0.25, 0.3) is 11.1 Å². The van der Waals surface area contributed by atoms with Crippen LogP contribution in [0.4, 0.5) is 5.69 Å². The number of hydrogen-bond acceptors (Lipinski definition) is 4. The van der Waals surface area contributed by atoms with Crippen LogP contribution < -0.4 is 5.32 Å². The first kappa shape index (κ1) is 17.0. The van der Waals surface area contributed by atoms with Gasteiger partial charge in [0.2, 0.25) is 0 Å². The molecule has 0 aliphatic rings. The summed E-state index contributed by atoms with van der Waals surface area (Å²) in [5.41, 5.74) is 4.82. The van der Waals surface area contributed by atoms with E-state index < -0.39 is 10.8 Å². The number of anilines is 1. The van der Waals surface area contributed by atoms with Crippen LogP contribution in [0.3, 0.4) is 0 Å². The number of nitrogens with one attached hydrogen (secondary N) is 1. The zero-order valence-corrected chi connectivity index (χ0v) is 14.2. The highest BCUT2D eigenvalue weighted by Crippen LogP contribution is 2.34. The predicted octanol–water partition coefficient (Wildman–Crippen LogP) is 2.23. The maximum atomic E-state index is 11.5. The van der Waals surface area contributed by atoms with Crippen LogP contribution in [0.1, 0.15) is 16.8 Å². The van der Waals surface area contributed by atoms with E-state index in [0.29, 0.717) is 11.4 Å². The molecule has 1 heterocycles. The van der Waals surface area contributed by atoms with Crippen molar-refractivity contribution in [1.29, 1.82) is 5.26 Å². The highest BCUT2D eigenvalue weighted by Gasteiger charge is 2.17. The fraction of sp³-hybridized carbons (Fsp3) is 0.294. The molecule has 0 amide bonds. The number of nitriles is 1. The van der Waals surface area contributed by atoms with Gasteiger partial charge in [-0.2, -0.15) is 5.26 Å². The Kier molecular flexibility index (Phi) is 5.35. The predicted molar refractivity (Wildman–Crippen MR) is 92.6 cm³/mol. The Morgan fingerprint density at radius 2 is 2.13 bits per heavy atom. The third-order valence-electron chi connectivity index (χ3n) is 3.69. The second-order valence-electron chi connectivity index (χ2n) is 5.31. The Labute approximate surface area is 138 Å². The smallest absolute Gasteiger partial charge is 0.124 e. The molecule has 1 atom stereocenters. The molecule has 0 aliphatic carbocycles. The summed E-state index contributed by atoms with van der Waals surface area (Å²) in [6, 6.07) is 8.00. The maximum Gasteiger partial charge on any atom is 0.124 e. The largest absolute Gasteiger partial charge is 0.388 e. The molecule has 0 spiro atoms. The van der Waals surface area contributed by atoms with E-state index in [4.69, 9.17) is 0 Å². The monoisotopic (exact) mass is 329 g/mol. The lowest BCUT2D eigenvalue weighted by atomic mass is 9.98. The lowest BCUT2D eigenvalue weighted by Crippen LogP contribution is -1.98. The highest BCUT2D eigenvalue weighted by atomic mass is 32.2. The van der Waals surface area contributed by atoms with Gasteiger partial charge in [0.05, 0.1) is 0 Å². The zero-order valence-electron chi connectivity index (χ0n) is 13.4. The van der Waals surface area contributed by atoms with E-state index in [-0.39, 0.29) is 6.42 Å². The molecular formula is C17H19N3O2S. The van der Waals surface area contributed by atoms with E-state index in [9.17, 15) is 14.3 Å². The van der Waals surface area contributed by atoms with Crippen molar-refractivity contribution in [2.24, 2.45) is 7.05 Å². The summed E-state index contributed by atoms with van der Waals surface area (Å²) < 4.78 is 13.2. The van der Waals surface area contributed by atoms with Gasteiger partial charge in [0.25, 0.3) is 0 Å². The van der Waals surface area contributed by atoms with Gasteiger partial charge in [-0.15, -0.1) is 0 Å². The molecule has 1 N–H and O–H groups in total. The third kappa shape index (κ3) is 3.51. The van der Waals surface area contributed by atoms with Gasteiger partial charge in [0.1, 0.15) is 18.0 Å². The number of aryl methyl sites for hydroxylation is 1. The molecule has 23 heavy (non-hydrogen) atoms. The second kappa shape index (κ2) is 7.25. The standard InChI is InChI=1S/C17H19N3O2S/c1-19-16-5-4-12(11-23(3)22)8-14(16)15-10-20(2)17(9-18)13(15)6-7-21/h4-5,7-8,10,19H,6,11H2,1-3H3. The molecule has 0 fully saturated rings. The van der Waals surface area contributed by atoms with Crippen molar-refractivity contribution in [3.05, 3.63) is 41.2 Å². The number of nitrogens with zero attached hydrogens (tertiary/aromatic N) is 2. The molecule has 2 rings (SSSR count). The number of rotatable bonds is 6. The number of carbonyl (C=O) groups excluding carboxylic acids is 1. The molecule has 1 unspecified atom stereocenters. The summed E-state index contributed by atoms with van der Waals surface area (Å²) in [6.07, 6.45) is 4.52. The fourth-order valence-corrected chi connectivity index (χ4v) is 3.35. The molecule has 0 radical (unpaired) electrons. The highest BCUT2D eigenvalue weighted by molar-refractivity contribution is 7.83. The second-order valence-corrected chi connectivity index (χ2v) is 6.75. The van der Waals surface area contributed by atoms with Gasteiger partial charge in [0, 0.05) is 71.9 Å². The molecule has 0 saturated heterocycles. The van der Waals surface area contributed by atoms with Crippen molar-refractivity contribution < 1.29 is 9.00 Å². The summed E-state index contributed by atoms with van der Waals surface area (Å²) in [5.74, 6) is 0.470. The van der Waals surface area contributed by atoms with Gasteiger partial charge in [0.15, 0.2) is 0 Å². The fourth-order valence-electron chi connectivity index (χ4n) is 2.70. The summed E-state index contributed by atoms with van der Waals surface area (Å²) >= 11 is 0. The molecule has 0 aliphatic heterocycles. The van der Waals surface area contributed by atoms with Gasteiger partial charge in [-0.1, -0.05) is 6.07 Å². The van der Waals surface area contributed by atoms with Crippen molar-refractivity contribution in [3.63, 3.8) is 0 Å². The molecule has 120 valence electrons. The van der Waals surface area contributed by atoms with Crippen LogP contribution in [0.15, 0.2) is 24.4 Å². The maximum absolute atomic E-state index is 11.5. The van der Waals surface area contributed by atoms with E-state index in [1.165, 1.54) is 0 Å². The van der Waals surface area contributed by atoms with Crippen LogP contribution in [0.2, 0.25) is 0 Å². The molecule has 5 nitrogen and oxygen atoms in total. The van der Waals surface area contributed by atoms with Crippen LogP contribution in [-0.4, -0.2) is 28.4 Å². The number of carbonyl (C=O) groups is 1. The van der Waals surface area contributed by atoms with Gasteiger partial charge < -0.3 is 14.7 Å². The zero-order chi connectivity index (χ0) is 17.0. The third-order valence-corrected chi connectivity index (χ3v) is 4.43. The molecule has 0 saturated carbocycles. The molecule has 6 heteroatoms. The van der Waals surface area contributed by atoms with Gasteiger partial charge >= 0.3 is 0 Å². The molecule has 2 aromatic rings. The number of benzene rings is 1. The average Bonchev–Trinajstić information content (AvgIpc) is 2.82. The minimum atomic E-state index is -0.933. The average molecular weight is 329 g/mol. The Balaban J connectivity index is 2.67. The Bertz CT molecular complexity index is 803. The minimum absolute atomic E-state index is 0.187. The number of aromatic nitrogens is 1. The van der Waals surface area contributed by atoms with Crippen LogP contribution in [-0.2, 0) is 34.8 Å². The lowest BCUT2D eigenvalue weighted by molar-refractivity contribution is -0.107. The summed E-state index contributed by atoms with van der Waals surface area (Å²) in [6.45, 7) is 0. The topological polar surface area (TPSA) is 74.9 Å². The first-order valence-corrected chi connectivity index (χ1v) is 8.87. The molecule has 0 bridgehead atoms. The van der Waals surface area contributed by atoms with Gasteiger partial charge in [-0.05, 0) is 17.7 Å². The minimum Gasteiger partial charge on any atom is -0.388 e. The van der Waals surface area contributed by atoms with Crippen LogP contribution >= 0.6 is 0 Å². The van der Waals surface area contributed by atoms with Crippen molar-refractivity contribution in [2.45, 2.75) is 12.2 Å². The van der Waals surface area contributed by atoms with Crippen molar-refractivity contribution in [1.82, 2.24) is 4.57 Å². The molecule has 1 aromatic heterocycles.